The van der Waals surface area contributed by atoms with Crippen molar-refractivity contribution in [3.05, 3.63) is 65.7 Å². The van der Waals surface area contributed by atoms with Crippen molar-refractivity contribution >= 4 is 21.9 Å². The Hall–Kier alpha value is -2.61. The lowest BCUT2D eigenvalue weighted by molar-refractivity contribution is 0.617. The lowest BCUT2D eigenvalue weighted by atomic mass is 10.1. The van der Waals surface area contributed by atoms with Crippen molar-refractivity contribution in [1.82, 2.24) is 4.98 Å². The normalized spacial score (nSPS) is 11.3. The molecule has 1 heterocycles. The smallest absolute Gasteiger partial charge is 0.227 e. The molecule has 4 rings (SSSR count). The third-order valence-electron chi connectivity index (χ3n) is 3.82. The zero-order valence-corrected chi connectivity index (χ0v) is 12.1. The van der Waals surface area contributed by atoms with Gasteiger partial charge in [0.05, 0.1) is 0 Å². The molecule has 0 atom stereocenters. The van der Waals surface area contributed by atoms with E-state index in [1.54, 1.807) is 0 Å². The molecule has 2 heteroatoms. The molecule has 0 aliphatic carbocycles. The van der Waals surface area contributed by atoms with Gasteiger partial charge in [0.25, 0.3) is 0 Å². The molecule has 21 heavy (non-hydrogen) atoms. The highest BCUT2D eigenvalue weighted by Gasteiger charge is 2.11. The first-order valence-electron chi connectivity index (χ1n) is 7.08. The summed E-state index contributed by atoms with van der Waals surface area (Å²) in [6.45, 7) is 4.14. The molecule has 0 saturated carbocycles. The van der Waals surface area contributed by atoms with E-state index in [4.69, 9.17) is 4.42 Å². The molecule has 0 amide bonds. The van der Waals surface area contributed by atoms with E-state index in [0.29, 0.717) is 5.89 Å². The largest absolute Gasteiger partial charge is 0.436 e. The van der Waals surface area contributed by atoms with Gasteiger partial charge in [0.15, 0.2) is 5.58 Å². The van der Waals surface area contributed by atoms with E-state index in [1.165, 1.54) is 16.3 Å². The van der Waals surface area contributed by atoms with E-state index in [0.717, 1.165) is 22.2 Å². The average Bonchev–Trinajstić information content (AvgIpc) is 2.91. The Labute approximate surface area is 123 Å². The van der Waals surface area contributed by atoms with Crippen molar-refractivity contribution in [3.8, 4) is 11.5 Å². The molecular formula is C19H15NO. The number of aryl methyl sites for hydroxylation is 2. The number of rotatable bonds is 1. The summed E-state index contributed by atoms with van der Waals surface area (Å²) in [5.74, 6) is 0.685. The Morgan fingerprint density at radius 2 is 1.67 bits per heavy atom. The fraction of sp³-hybridized carbons (Fsp3) is 0.105. The van der Waals surface area contributed by atoms with Crippen LogP contribution < -0.4 is 0 Å². The highest BCUT2D eigenvalue weighted by molar-refractivity contribution is 5.87. The van der Waals surface area contributed by atoms with Gasteiger partial charge in [0.2, 0.25) is 5.89 Å². The Bertz CT molecular complexity index is 966. The maximum atomic E-state index is 5.98. The summed E-state index contributed by atoms with van der Waals surface area (Å²) < 4.78 is 5.98. The van der Waals surface area contributed by atoms with Crippen molar-refractivity contribution < 1.29 is 4.42 Å². The van der Waals surface area contributed by atoms with E-state index in [9.17, 15) is 0 Å². The molecule has 2 nitrogen and oxygen atoms in total. The molecule has 0 spiro atoms. The van der Waals surface area contributed by atoms with Crippen LogP contribution >= 0.6 is 0 Å². The number of oxazole rings is 1. The molecule has 1 aromatic heterocycles. The van der Waals surface area contributed by atoms with Crippen LogP contribution in [0.1, 0.15) is 11.1 Å². The van der Waals surface area contributed by atoms with E-state index in [-0.39, 0.29) is 0 Å². The maximum absolute atomic E-state index is 5.98. The van der Waals surface area contributed by atoms with Gasteiger partial charge in [0.1, 0.15) is 5.52 Å². The zero-order chi connectivity index (χ0) is 14.4. The molecule has 0 fully saturated rings. The standard InChI is InChI=1S/C19H15NO/c1-12-9-13(2)18-17(10-12)20-19(21-18)16-8-7-14-5-3-4-6-15(14)11-16/h3-11H,1-2H3. The lowest BCUT2D eigenvalue weighted by Crippen LogP contribution is -1.79. The number of benzene rings is 3. The third kappa shape index (κ3) is 2.00. The van der Waals surface area contributed by atoms with Gasteiger partial charge >= 0.3 is 0 Å². The molecule has 3 aromatic carbocycles. The fourth-order valence-electron chi connectivity index (χ4n) is 2.82. The monoisotopic (exact) mass is 273 g/mol. The number of aromatic nitrogens is 1. The van der Waals surface area contributed by atoms with Crippen molar-refractivity contribution in [2.75, 3.05) is 0 Å². The number of hydrogen-bond donors (Lipinski definition) is 0. The van der Waals surface area contributed by atoms with Gasteiger partial charge in [-0.2, -0.15) is 0 Å². The van der Waals surface area contributed by atoms with Crippen LogP contribution in [0.5, 0.6) is 0 Å². The Morgan fingerprint density at radius 3 is 2.52 bits per heavy atom. The van der Waals surface area contributed by atoms with E-state index < -0.39 is 0 Å². The molecule has 102 valence electrons. The van der Waals surface area contributed by atoms with Crippen molar-refractivity contribution in [2.45, 2.75) is 13.8 Å². The first kappa shape index (κ1) is 12.2. The second-order valence-electron chi connectivity index (χ2n) is 5.51. The SMILES string of the molecule is Cc1cc(C)c2oc(-c3ccc4ccccc4c3)nc2c1. The molecule has 0 N–H and O–H groups in total. The minimum Gasteiger partial charge on any atom is -0.436 e. The molecule has 0 saturated heterocycles. The number of nitrogens with zero attached hydrogens (tertiary/aromatic N) is 1. The fourth-order valence-corrected chi connectivity index (χ4v) is 2.82. The topological polar surface area (TPSA) is 26.0 Å². The predicted molar refractivity (Wildman–Crippen MR) is 86.4 cm³/mol. The van der Waals surface area contributed by atoms with Gasteiger partial charge in [-0.1, -0.05) is 36.4 Å². The predicted octanol–water partition coefficient (Wildman–Crippen LogP) is 5.26. The first-order valence-corrected chi connectivity index (χ1v) is 7.08. The molecule has 0 radical (unpaired) electrons. The van der Waals surface area contributed by atoms with Crippen LogP contribution in [0.15, 0.2) is 59.0 Å². The lowest BCUT2D eigenvalue weighted by Gasteiger charge is -1.99. The van der Waals surface area contributed by atoms with Crippen LogP contribution in [0.3, 0.4) is 0 Å². The van der Waals surface area contributed by atoms with Crippen LogP contribution in [0.4, 0.5) is 0 Å². The van der Waals surface area contributed by atoms with Crippen LogP contribution in [0.25, 0.3) is 33.3 Å². The highest BCUT2D eigenvalue weighted by atomic mass is 16.3. The minimum absolute atomic E-state index is 0.685. The van der Waals surface area contributed by atoms with Gasteiger partial charge in [-0.05, 0) is 53.9 Å². The molecule has 0 unspecified atom stereocenters. The summed E-state index contributed by atoms with van der Waals surface area (Å²) in [7, 11) is 0. The third-order valence-corrected chi connectivity index (χ3v) is 3.82. The summed E-state index contributed by atoms with van der Waals surface area (Å²) in [5, 5.41) is 2.43. The molecule has 0 aliphatic rings. The van der Waals surface area contributed by atoms with E-state index >= 15 is 0 Å². The number of fused-ring (bicyclic) bond motifs is 2. The summed E-state index contributed by atoms with van der Waals surface area (Å²) in [4.78, 5) is 4.64. The van der Waals surface area contributed by atoms with Crippen LogP contribution in [0.2, 0.25) is 0 Å². The van der Waals surface area contributed by atoms with Crippen LogP contribution in [-0.2, 0) is 0 Å². The van der Waals surface area contributed by atoms with Crippen LogP contribution in [0, 0.1) is 13.8 Å². The Kier molecular flexibility index (Phi) is 2.58. The number of hydrogen-bond acceptors (Lipinski definition) is 2. The van der Waals surface area contributed by atoms with Crippen molar-refractivity contribution in [3.63, 3.8) is 0 Å². The zero-order valence-electron chi connectivity index (χ0n) is 12.1. The van der Waals surface area contributed by atoms with Gasteiger partial charge in [0, 0.05) is 5.56 Å². The summed E-state index contributed by atoms with van der Waals surface area (Å²) in [5.41, 5.74) is 5.16. The molecule has 0 aliphatic heterocycles. The first-order chi connectivity index (χ1) is 10.2. The second-order valence-corrected chi connectivity index (χ2v) is 5.51. The summed E-state index contributed by atoms with van der Waals surface area (Å²) in [6.07, 6.45) is 0. The summed E-state index contributed by atoms with van der Waals surface area (Å²) in [6, 6.07) is 18.8. The Morgan fingerprint density at radius 1 is 0.857 bits per heavy atom. The summed E-state index contributed by atoms with van der Waals surface area (Å²) >= 11 is 0. The van der Waals surface area contributed by atoms with Crippen molar-refractivity contribution in [2.24, 2.45) is 0 Å². The minimum atomic E-state index is 0.685. The van der Waals surface area contributed by atoms with E-state index in [1.807, 2.05) is 12.1 Å². The van der Waals surface area contributed by atoms with Crippen molar-refractivity contribution in [1.29, 1.82) is 0 Å². The maximum Gasteiger partial charge on any atom is 0.227 e. The molecule has 4 aromatic rings. The van der Waals surface area contributed by atoms with Gasteiger partial charge in [-0.25, -0.2) is 4.98 Å². The van der Waals surface area contributed by atoms with Gasteiger partial charge in [-0.15, -0.1) is 0 Å². The molecule has 0 bridgehead atoms. The van der Waals surface area contributed by atoms with Gasteiger partial charge in [-0.3, -0.25) is 0 Å². The quantitative estimate of drug-likeness (QED) is 0.472. The Balaban J connectivity index is 1.93. The average molecular weight is 273 g/mol. The highest BCUT2D eigenvalue weighted by Crippen LogP contribution is 2.29. The van der Waals surface area contributed by atoms with Gasteiger partial charge < -0.3 is 4.42 Å². The second kappa shape index (κ2) is 4.45. The van der Waals surface area contributed by atoms with Crippen LogP contribution in [-0.4, -0.2) is 4.98 Å². The van der Waals surface area contributed by atoms with E-state index in [2.05, 4.69) is 61.3 Å². The molecular weight excluding hydrogens is 258 g/mol.